The summed E-state index contributed by atoms with van der Waals surface area (Å²) in [7, 11) is 0. The van der Waals surface area contributed by atoms with Crippen LogP contribution in [0, 0.1) is 11.3 Å². The van der Waals surface area contributed by atoms with Crippen molar-refractivity contribution in [2.75, 3.05) is 6.54 Å². The second kappa shape index (κ2) is 6.08. The van der Waals surface area contributed by atoms with Crippen LogP contribution in [0.15, 0.2) is 18.2 Å². The molecule has 1 unspecified atom stereocenters. The molecule has 0 aliphatic heterocycles. The van der Waals surface area contributed by atoms with E-state index in [2.05, 4.69) is 33.0 Å². The van der Waals surface area contributed by atoms with Crippen molar-refractivity contribution in [2.45, 2.75) is 34.2 Å². The first-order valence-corrected chi connectivity index (χ1v) is 6.70. The lowest BCUT2D eigenvalue weighted by Gasteiger charge is -2.27. The van der Waals surface area contributed by atoms with Crippen LogP contribution in [0.25, 0.3) is 0 Å². The van der Waals surface area contributed by atoms with Gasteiger partial charge in [-0.2, -0.15) is 0 Å². The fourth-order valence-corrected chi connectivity index (χ4v) is 2.02. The number of halogens is 2. The molecule has 0 fully saturated rings. The summed E-state index contributed by atoms with van der Waals surface area (Å²) < 4.78 is 0. The highest BCUT2D eigenvalue weighted by Crippen LogP contribution is 2.24. The van der Waals surface area contributed by atoms with Crippen molar-refractivity contribution in [3.8, 4) is 0 Å². The Morgan fingerprint density at radius 2 is 1.65 bits per heavy atom. The number of benzene rings is 1. The molecular formula is C14H21Cl2N. The molecule has 0 saturated carbocycles. The highest BCUT2D eigenvalue weighted by Gasteiger charge is 2.19. The molecule has 0 aliphatic rings. The van der Waals surface area contributed by atoms with Gasteiger partial charge in [-0.3, -0.25) is 0 Å². The lowest BCUT2D eigenvalue weighted by molar-refractivity contribution is 0.252. The average molecular weight is 274 g/mol. The molecule has 1 rings (SSSR count). The lowest BCUT2D eigenvalue weighted by atomic mass is 9.82. The van der Waals surface area contributed by atoms with Crippen LogP contribution in [0.5, 0.6) is 0 Å². The van der Waals surface area contributed by atoms with Gasteiger partial charge in [0, 0.05) is 16.6 Å². The van der Waals surface area contributed by atoms with Crippen molar-refractivity contribution in [1.82, 2.24) is 5.32 Å². The van der Waals surface area contributed by atoms with Crippen LogP contribution in [0.4, 0.5) is 0 Å². The Bertz CT molecular complexity index is 349. The van der Waals surface area contributed by atoms with Crippen molar-refractivity contribution in [3.05, 3.63) is 33.8 Å². The van der Waals surface area contributed by atoms with Crippen molar-refractivity contribution < 1.29 is 0 Å². The molecule has 1 aromatic carbocycles. The minimum atomic E-state index is 0.332. The minimum absolute atomic E-state index is 0.332. The van der Waals surface area contributed by atoms with Gasteiger partial charge in [0.1, 0.15) is 0 Å². The highest BCUT2D eigenvalue weighted by atomic mass is 35.5. The zero-order valence-corrected chi connectivity index (χ0v) is 12.5. The molecule has 0 aromatic heterocycles. The SMILES string of the molecule is CC(CNCc1cc(Cl)cc(Cl)c1)C(C)(C)C. The predicted octanol–water partition coefficient (Wildman–Crippen LogP) is 4.77. The van der Waals surface area contributed by atoms with E-state index in [-0.39, 0.29) is 0 Å². The molecule has 17 heavy (non-hydrogen) atoms. The van der Waals surface area contributed by atoms with Crippen molar-refractivity contribution in [1.29, 1.82) is 0 Å². The van der Waals surface area contributed by atoms with E-state index in [4.69, 9.17) is 23.2 Å². The third-order valence-corrected chi connectivity index (χ3v) is 3.62. The summed E-state index contributed by atoms with van der Waals surface area (Å²) in [6, 6.07) is 5.65. The summed E-state index contributed by atoms with van der Waals surface area (Å²) in [6.07, 6.45) is 0. The van der Waals surface area contributed by atoms with Crippen molar-refractivity contribution in [3.63, 3.8) is 0 Å². The molecule has 3 heteroatoms. The number of hydrogen-bond acceptors (Lipinski definition) is 1. The van der Waals surface area contributed by atoms with Gasteiger partial charge in [-0.1, -0.05) is 50.9 Å². The molecule has 0 bridgehead atoms. The standard InChI is InChI=1S/C14H21Cl2N/c1-10(14(2,3)4)8-17-9-11-5-12(15)7-13(16)6-11/h5-7,10,17H,8-9H2,1-4H3. The second-order valence-corrected chi connectivity index (χ2v) is 6.55. The number of hydrogen-bond donors (Lipinski definition) is 1. The normalized spacial score (nSPS) is 13.8. The van der Waals surface area contributed by atoms with Crippen LogP contribution in [0.1, 0.15) is 33.3 Å². The smallest absolute Gasteiger partial charge is 0.0424 e. The Balaban J connectivity index is 2.46. The minimum Gasteiger partial charge on any atom is -0.312 e. The molecule has 0 aliphatic carbocycles. The molecular weight excluding hydrogens is 253 g/mol. The van der Waals surface area contributed by atoms with Crippen molar-refractivity contribution >= 4 is 23.2 Å². The van der Waals surface area contributed by atoms with Gasteiger partial charge in [-0.15, -0.1) is 0 Å². The Hall–Kier alpha value is -0.240. The van der Waals surface area contributed by atoms with E-state index in [1.165, 1.54) is 0 Å². The van der Waals surface area contributed by atoms with Gasteiger partial charge in [0.05, 0.1) is 0 Å². The Labute approximate surface area is 115 Å². The summed E-state index contributed by atoms with van der Waals surface area (Å²) in [5.74, 6) is 0.622. The molecule has 0 saturated heterocycles. The van der Waals surface area contributed by atoms with E-state index in [1.807, 2.05) is 12.1 Å². The van der Waals surface area contributed by atoms with Crippen LogP contribution in [0.2, 0.25) is 10.0 Å². The number of nitrogens with one attached hydrogen (secondary N) is 1. The van der Waals surface area contributed by atoms with E-state index < -0.39 is 0 Å². The van der Waals surface area contributed by atoms with E-state index >= 15 is 0 Å². The molecule has 96 valence electrons. The maximum absolute atomic E-state index is 5.95. The second-order valence-electron chi connectivity index (χ2n) is 5.68. The third kappa shape index (κ3) is 5.29. The fraction of sp³-hybridized carbons (Fsp3) is 0.571. The monoisotopic (exact) mass is 273 g/mol. The lowest BCUT2D eigenvalue weighted by Crippen LogP contribution is -2.29. The molecule has 0 heterocycles. The highest BCUT2D eigenvalue weighted by molar-refractivity contribution is 6.34. The number of rotatable bonds is 4. The molecule has 1 atom stereocenters. The predicted molar refractivity (Wildman–Crippen MR) is 76.8 cm³/mol. The Morgan fingerprint density at radius 1 is 1.12 bits per heavy atom. The molecule has 1 N–H and O–H groups in total. The van der Waals surface area contributed by atoms with E-state index in [0.29, 0.717) is 21.4 Å². The van der Waals surface area contributed by atoms with E-state index in [1.54, 1.807) is 6.07 Å². The van der Waals surface area contributed by atoms with Gasteiger partial charge in [-0.25, -0.2) is 0 Å². The first-order valence-electron chi connectivity index (χ1n) is 5.94. The van der Waals surface area contributed by atoms with E-state index in [9.17, 15) is 0 Å². The van der Waals surface area contributed by atoms with E-state index in [0.717, 1.165) is 18.7 Å². The maximum Gasteiger partial charge on any atom is 0.0424 e. The summed E-state index contributed by atoms with van der Waals surface area (Å²) in [5.41, 5.74) is 1.46. The van der Waals surface area contributed by atoms with Crippen LogP contribution >= 0.6 is 23.2 Å². The summed E-state index contributed by atoms with van der Waals surface area (Å²) in [6.45, 7) is 10.8. The van der Waals surface area contributed by atoms with Crippen LogP contribution < -0.4 is 5.32 Å². The Morgan fingerprint density at radius 3 is 2.12 bits per heavy atom. The average Bonchev–Trinajstić information content (AvgIpc) is 2.14. The van der Waals surface area contributed by atoms with Gasteiger partial charge < -0.3 is 5.32 Å². The zero-order chi connectivity index (χ0) is 13.1. The quantitative estimate of drug-likeness (QED) is 0.834. The van der Waals surface area contributed by atoms with Crippen LogP contribution in [-0.4, -0.2) is 6.54 Å². The molecule has 0 radical (unpaired) electrons. The summed E-state index contributed by atoms with van der Waals surface area (Å²) in [5, 5.41) is 4.83. The first kappa shape index (κ1) is 14.8. The van der Waals surface area contributed by atoms with Crippen LogP contribution in [0.3, 0.4) is 0 Å². The molecule has 1 aromatic rings. The summed E-state index contributed by atoms with van der Waals surface area (Å²) >= 11 is 11.9. The molecule has 0 spiro atoms. The Kier molecular flexibility index (Phi) is 5.30. The summed E-state index contributed by atoms with van der Waals surface area (Å²) in [4.78, 5) is 0. The molecule has 1 nitrogen and oxygen atoms in total. The van der Waals surface area contributed by atoms with Gasteiger partial charge >= 0.3 is 0 Å². The van der Waals surface area contributed by atoms with Gasteiger partial charge in [0.15, 0.2) is 0 Å². The fourth-order valence-electron chi connectivity index (χ4n) is 1.45. The van der Waals surface area contributed by atoms with Crippen LogP contribution in [-0.2, 0) is 6.54 Å². The molecule has 0 amide bonds. The topological polar surface area (TPSA) is 12.0 Å². The largest absolute Gasteiger partial charge is 0.312 e. The third-order valence-electron chi connectivity index (χ3n) is 3.18. The van der Waals surface area contributed by atoms with Gasteiger partial charge in [0.25, 0.3) is 0 Å². The zero-order valence-electron chi connectivity index (χ0n) is 11.0. The van der Waals surface area contributed by atoms with Gasteiger partial charge in [0.2, 0.25) is 0 Å². The van der Waals surface area contributed by atoms with Gasteiger partial charge in [-0.05, 0) is 41.6 Å². The van der Waals surface area contributed by atoms with Crippen molar-refractivity contribution in [2.24, 2.45) is 11.3 Å². The maximum atomic E-state index is 5.95. The first-order chi connectivity index (χ1) is 7.79.